The van der Waals surface area contributed by atoms with E-state index in [0.717, 1.165) is 17.8 Å². The Morgan fingerprint density at radius 2 is 1.95 bits per heavy atom. The minimum Gasteiger partial charge on any atom is -0.458 e. The molecule has 0 saturated heterocycles. The van der Waals surface area contributed by atoms with Gasteiger partial charge in [0.05, 0.1) is 6.61 Å². The summed E-state index contributed by atoms with van der Waals surface area (Å²) in [5.74, 6) is -1.31. The van der Waals surface area contributed by atoms with E-state index in [0.29, 0.717) is 0 Å². The van der Waals surface area contributed by atoms with Crippen LogP contribution in [-0.4, -0.2) is 34.8 Å². The summed E-state index contributed by atoms with van der Waals surface area (Å²) in [7, 11) is 0. The highest BCUT2D eigenvalue weighted by Crippen LogP contribution is 2.19. The summed E-state index contributed by atoms with van der Waals surface area (Å²) in [6, 6.07) is 9.19. The molecule has 120 valence electrons. The van der Waals surface area contributed by atoms with Crippen LogP contribution in [-0.2, 0) is 20.9 Å². The maximum absolute atomic E-state index is 11.6. The van der Waals surface area contributed by atoms with Crippen LogP contribution in [0, 0.1) is 5.41 Å². The van der Waals surface area contributed by atoms with Gasteiger partial charge in [0.15, 0.2) is 0 Å². The van der Waals surface area contributed by atoms with E-state index in [1.54, 1.807) is 13.8 Å². The molecule has 0 radical (unpaired) electrons. The van der Waals surface area contributed by atoms with Crippen LogP contribution in [0.4, 0.5) is 0 Å². The van der Waals surface area contributed by atoms with Crippen LogP contribution >= 0.6 is 0 Å². The van der Waals surface area contributed by atoms with Crippen LogP contribution in [0.15, 0.2) is 42.6 Å². The zero-order valence-electron chi connectivity index (χ0n) is 12.7. The molecule has 1 amide bonds. The van der Waals surface area contributed by atoms with E-state index in [9.17, 15) is 14.7 Å². The standard InChI is InChI=1S/C16H21NO5/c1-16(2,11-18)14(20)15(21)17-9-8-13(19)22-10-12-6-4-3-5-7-12/h3-9,14,18,20H,10-11H2,1-2H3,(H,17,21)/b9-8-/t14-/m1/s1. The molecule has 0 unspecified atom stereocenters. The van der Waals surface area contributed by atoms with E-state index < -0.39 is 23.4 Å². The van der Waals surface area contributed by atoms with E-state index in [2.05, 4.69) is 5.32 Å². The largest absolute Gasteiger partial charge is 0.458 e. The molecule has 6 heteroatoms. The molecular weight excluding hydrogens is 286 g/mol. The van der Waals surface area contributed by atoms with Crippen LogP contribution in [0.25, 0.3) is 0 Å². The highest BCUT2D eigenvalue weighted by molar-refractivity contribution is 5.85. The third-order valence-corrected chi connectivity index (χ3v) is 3.07. The summed E-state index contributed by atoms with van der Waals surface area (Å²) < 4.78 is 4.98. The summed E-state index contributed by atoms with van der Waals surface area (Å²) in [6.07, 6.45) is 0.772. The monoisotopic (exact) mass is 307 g/mol. The molecule has 3 N–H and O–H groups in total. The summed E-state index contributed by atoms with van der Waals surface area (Å²) in [5, 5.41) is 21.1. The summed E-state index contributed by atoms with van der Waals surface area (Å²) in [5.41, 5.74) is -0.112. The lowest BCUT2D eigenvalue weighted by atomic mass is 9.87. The third kappa shape index (κ3) is 5.67. The highest BCUT2D eigenvalue weighted by atomic mass is 16.5. The Labute approximate surface area is 129 Å². The van der Waals surface area contributed by atoms with Crippen molar-refractivity contribution in [3.63, 3.8) is 0 Å². The van der Waals surface area contributed by atoms with Gasteiger partial charge in [0.25, 0.3) is 5.91 Å². The van der Waals surface area contributed by atoms with Gasteiger partial charge in [0.1, 0.15) is 12.7 Å². The van der Waals surface area contributed by atoms with E-state index >= 15 is 0 Å². The fourth-order valence-electron chi connectivity index (χ4n) is 1.49. The lowest BCUT2D eigenvalue weighted by Crippen LogP contribution is -2.44. The number of esters is 1. The average Bonchev–Trinajstić information content (AvgIpc) is 2.53. The molecule has 1 rings (SSSR count). The van der Waals surface area contributed by atoms with Gasteiger partial charge in [0, 0.05) is 17.7 Å². The van der Waals surface area contributed by atoms with Crippen molar-refractivity contribution in [2.75, 3.05) is 6.61 Å². The van der Waals surface area contributed by atoms with Crippen LogP contribution in [0.3, 0.4) is 0 Å². The van der Waals surface area contributed by atoms with Crippen LogP contribution in [0.2, 0.25) is 0 Å². The van der Waals surface area contributed by atoms with E-state index in [1.165, 1.54) is 0 Å². The molecule has 0 aliphatic carbocycles. The molecule has 0 bridgehead atoms. The van der Waals surface area contributed by atoms with Gasteiger partial charge in [-0.1, -0.05) is 44.2 Å². The molecule has 6 nitrogen and oxygen atoms in total. The Balaban J connectivity index is 2.39. The maximum Gasteiger partial charge on any atom is 0.332 e. The van der Waals surface area contributed by atoms with Gasteiger partial charge in [-0.3, -0.25) is 4.79 Å². The van der Waals surface area contributed by atoms with E-state index in [1.807, 2.05) is 30.3 Å². The van der Waals surface area contributed by atoms with Crippen molar-refractivity contribution in [1.29, 1.82) is 0 Å². The topological polar surface area (TPSA) is 95.9 Å². The van der Waals surface area contributed by atoms with Crippen molar-refractivity contribution < 1.29 is 24.5 Å². The number of rotatable bonds is 7. The average molecular weight is 307 g/mol. The molecule has 1 aromatic carbocycles. The normalized spacial score (nSPS) is 12.9. The number of aliphatic hydroxyl groups is 2. The van der Waals surface area contributed by atoms with Crippen molar-refractivity contribution in [3.8, 4) is 0 Å². The molecule has 0 aliphatic rings. The molecule has 1 aromatic rings. The number of hydrogen-bond donors (Lipinski definition) is 3. The first-order valence-corrected chi connectivity index (χ1v) is 6.83. The van der Waals surface area contributed by atoms with Crippen molar-refractivity contribution >= 4 is 11.9 Å². The fourth-order valence-corrected chi connectivity index (χ4v) is 1.49. The number of amides is 1. The maximum atomic E-state index is 11.6. The Bertz CT molecular complexity index is 525. The highest BCUT2D eigenvalue weighted by Gasteiger charge is 2.32. The zero-order chi connectivity index (χ0) is 16.6. The first-order valence-electron chi connectivity index (χ1n) is 6.83. The molecule has 0 heterocycles. The van der Waals surface area contributed by atoms with Crippen molar-refractivity contribution in [2.24, 2.45) is 5.41 Å². The van der Waals surface area contributed by atoms with Gasteiger partial charge in [-0.2, -0.15) is 0 Å². The number of carbonyl (C=O) groups is 2. The molecule has 0 aromatic heterocycles. The third-order valence-electron chi connectivity index (χ3n) is 3.07. The lowest BCUT2D eigenvalue weighted by Gasteiger charge is -2.26. The molecule has 0 spiro atoms. The minimum absolute atomic E-state index is 0.137. The van der Waals surface area contributed by atoms with Gasteiger partial charge in [-0.15, -0.1) is 0 Å². The number of aliphatic hydroxyl groups excluding tert-OH is 2. The molecular formula is C16H21NO5. The van der Waals surface area contributed by atoms with Gasteiger partial charge in [-0.05, 0) is 5.56 Å². The predicted molar refractivity (Wildman–Crippen MR) is 80.4 cm³/mol. The van der Waals surface area contributed by atoms with Gasteiger partial charge in [0.2, 0.25) is 0 Å². The number of hydrogen-bond acceptors (Lipinski definition) is 5. The van der Waals surface area contributed by atoms with Crippen molar-refractivity contribution in [2.45, 2.75) is 26.6 Å². The van der Waals surface area contributed by atoms with Gasteiger partial charge < -0.3 is 20.3 Å². The van der Waals surface area contributed by atoms with E-state index in [-0.39, 0.29) is 13.2 Å². The van der Waals surface area contributed by atoms with Crippen molar-refractivity contribution in [1.82, 2.24) is 5.32 Å². The fraction of sp³-hybridized carbons (Fsp3) is 0.375. The lowest BCUT2D eigenvalue weighted by molar-refractivity contribution is -0.139. The smallest absolute Gasteiger partial charge is 0.332 e. The second-order valence-electron chi connectivity index (χ2n) is 5.48. The quantitative estimate of drug-likeness (QED) is 0.510. The summed E-state index contributed by atoms with van der Waals surface area (Å²) in [4.78, 5) is 23.1. The SMILES string of the molecule is CC(C)(CO)[C@H](O)C(=O)N/C=C\C(=O)OCc1ccccc1. The number of benzene rings is 1. The van der Waals surface area contributed by atoms with Crippen LogP contribution < -0.4 is 5.32 Å². The minimum atomic E-state index is -1.39. The van der Waals surface area contributed by atoms with Crippen molar-refractivity contribution in [3.05, 3.63) is 48.2 Å². The molecule has 0 aliphatic heterocycles. The second kappa shape index (κ2) is 8.31. The Hall–Kier alpha value is -2.18. The van der Waals surface area contributed by atoms with Crippen LogP contribution in [0.5, 0.6) is 0 Å². The van der Waals surface area contributed by atoms with Gasteiger partial charge in [-0.25, -0.2) is 4.79 Å². The Kier molecular flexibility index (Phi) is 6.75. The molecule has 22 heavy (non-hydrogen) atoms. The Morgan fingerprint density at radius 3 is 2.55 bits per heavy atom. The van der Waals surface area contributed by atoms with Gasteiger partial charge >= 0.3 is 5.97 Å². The molecule has 0 saturated carbocycles. The first kappa shape index (κ1) is 17.9. The predicted octanol–water partition coefficient (Wildman–Crippen LogP) is 0.739. The summed E-state index contributed by atoms with van der Waals surface area (Å²) in [6.45, 7) is 2.90. The van der Waals surface area contributed by atoms with E-state index in [4.69, 9.17) is 9.84 Å². The molecule has 0 fully saturated rings. The van der Waals surface area contributed by atoms with Crippen LogP contribution in [0.1, 0.15) is 19.4 Å². The number of nitrogens with one attached hydrogen (secondary N) is 1. The Morgan fingerprint density at radius 1 is 1.32 bits per heavy atom. The molecule has 1 atom stereocenters. The summed E-state index contributed by atoms with van der Waals surface area (Å²) >= 11 is 0. The first-order chi connectivity index (χ1) is 10.4. The second-order valence-corrected chi connectivity index (χ2v) is 5.48. The number of carbonyl (C=O) groups excluding carboxylic acids is 2. The zero-order valence-corrected chi connectivity index (χ0v) is 12.7. The number of ether oxygens (including phenoxy) is 1.